The van der Waals surface area contributed by atoms with Crippen molar-refractivity contribution in [3.05, 3.63) is 29.3 Å². The monoisotopic (exact) mass is 333 g/mol. The highest BCUT2D eigenvalue weighted by atomic mass is 35.5. The van der Waals surface area contributed by atoms with Gasteiger partial charge in [-0.1, -0.05) is 26.0 Å². The van der Waals surface area contributed by atoms with Gasteiger partial charge in [-0.3, -0.25) is 0 Å². The van der Waals surface area contributed by atoms with Crippen molar-refractivity contribution in [2.75, 3.05) is 7.11 Å². The van der Waals surface area contributed by atoms with Gasteiger partial charge < -0.3 is 10.5 Å². The summed E-state index contributed by atoms with van der Waals surface area (Å²) in [4.78, 5) is 0. The van der Waals surface area contributed by atoms with E-state index in [1.807, 2.05) is 0 Å². The number of hydrogen-bond acceptors (Lipinski definition) is 2. The van der Waals surface area contributed by atoms with Gasteiger partial charge in [0.15, 0.2) is 0 Å². The Labute approximate surface area is 125 Å². The molecule has 0 saturated heterocycles. The predicted molar refractivity (Wildman–Crippen MR) is 72.3 cm³/mol. The molecule has 0 aliphatic carbocycles. The van der Waals surface area contributed by atoms with Crippen LogP contribution in [0.2, 0.25) is 0 Å². The molecule has 0 fully saturated rings. The number of ether oxygens (including phenoxy) is 1. The number of benzene rings is 1. The van der Waals surface area contributed by atoms with Crippen LogP contribution in [0.15, 0.2) is 18.2 Å². The van der Waals surface area contributed by atoms with Crippen LogP contribution in [0.1, 0.15) is 36.9 Å². The van der Waals surface area contributed by atoms with Crippen molar-refractivity contribution < 1.29 is 26.7 Å². The maximum absolute atomic E-state index is 13.4. The standard InChI is InChI=1S/C13H16F5NO.ClH/c1-7(2)8-4-5-10(20-3)9(6-8)11(19)12(14,15)13(16,17)18;/h4-7,11H,19H2,1-3H3;1H/t11-;/m0./s1. The van der Waals surface area contributed by atoms with Gasteiger partial charge in [0, 0.05) is 5.56 Å². The van der Waals surface area contributed by atoms with Gasteiger partial charge in [0.2, 0.25) is 0 Å². The SMILES string of the molecule is COc1ccc(C(C)C)cc1[C@H](N)C(F)(F)C(F)(F)F.Cl. The van der Waals surface area contributed by atoms with Crippen molar-refractivity contribution in [2.45, 2.75) is 37.9 Å². The van der Waals surface area contributed by atoms with E-state index in [1.54, 1.807) is 19.9 Å². The summed E-state index contributed by atoms with van der Waals surface area (Å²) in [6, 6.07) is 1.66. The molecule has 1 atom stereocenters. The Balaban J connectivity index is 0.00000400. The van der Waals surface area contributed by atoms with Gasteiger partial charge in [-0.15, -0.1) is 12.4 Å². The summed E-state index contributed by atoms with van der Waals surface area (Å²) in [6.07, 6.45) is -5.72. The lowest BCUT2D eigenvalue weighted by Crippen LogP contribution is -2.46. The van der Waals surface area contributed by atoms with Crippen molar-refractivity contribution in [1.29, 1.82) is 0 Å². The van der Waals surface area contributed by atoms with E-state index in [0.717, 1.165) is 0 Å². The first-order valence-electron chi connectivity index (χ1n) is 5.90. The van der Waals surface area contributed by atoms with E-state index in [0.29, 0.717) is 5.56 Å². The molecule has 2 nitrogen and oxygen atoms in total. The van der Waals surface area contributed by atoms with Gasteiger partial charge in [0.1, 0.15) is 11.8 Å². The molecule has 0 saturated carbocycles. The van der Waals surface area contributed by atoms with Crippen molar-refractivity contribution in [3.8, 4) is 5.75 Å². The van der Waals surface area contributed by atoms with Crippen LogP contribution >= 0.6 is 12.4 Å². The quantitative estimate of drug-likeness (QED) is 0.827. The highest BCUT2D eigenvalue weighted by molar-refractivity contribution is 5.85. The van der Waals surface area contributed by atoms with Gasteiger partial charge in [-0.05, 0) is 17.5 Å². The molecule has 0 unspecified atom stereocenters. The summed E-state index contributed by atoms with van der Waals surface area (Å²) in [7, 11) is 1.19. The van der Waals surface area contributed by atoms with Crippen molar-refractivity contribution in [3.63, 3.8) is 0 Å². The van der Waals surface area contributed by atoms with Crippen molar-refractivity contribution in [1.82, 2.24) is 0 Å². The number of nitrogens with two attached hydrogens (primary N) is 1. The van der Waals surface area contributed by atoms with E-state index in [4.69, 9.17) is 10.5 Å². The molecular weight excluding hydrogens is 317 g/mol. The minimum atomic E-state index is -5.72. The van der Waals surface area contributed by atoms with Crippen LogP contribution in [0.4, 0.5) is 22.0 Å². The van der Waals surface area contributed by atoms with Gasteiger partial charge in [-0.2, -0.15) is 22.0 Å². The van der Waals surface area contributed by atoms with Crippen molar-refractivity contribution >= 4 is 12.4 Å². The first-order chi connectivity index (χ1) is 9.02. The van der Waals surface area contributed by atoms with Crippen molar-refractivity contribution in [2.24, 2.45) is 5.73 Å². The zero-order valence-corrected chi connectivity index (χ0v) is 12.5. The molecule has 8 heteroatoms. The second-order valence-electron chi connectivity index (χ2n) is 4.75. The number of rotatable bonds is 4. The summed E-state index contributed by atoms with van der Waals surface area (Å²) in [5, 5.41) is 0. The van der Waals surface area contributed by atoms with E-state index in [-0.39, 0.29) is 29.6 Å². The fourth-order valence-electron chi connectivity index (χ4n) is 1.73. The Bertz CT molecular complexity index is 476. The molecule has 0 radical (unpaired) electrons. The predicted octanol–water partition coefficient (Wildman–Crippen LogP) is 4.44. The third-order valence-corrected chi connectivity index (χ3v) is 3.02. The second-order valence-corrected chi connectivity index (χ2v) is 4.75. The molecule has 0 aliphatic heterocycles. The zero-order valence-electron chi connectivity index (χ0n) is 11.7. The molecule has 21 heavy (non-hydrogen) atoms. The molecule has 122 valence electrons. The minimum Gasteiger partial charge on any atom is -0.496 e. The first-order valence-corrected chi connectivity index (χ1v) is 5.90. The average Bonchev–Trinajstić information content (AvgIpc) is 2.35. The van der Waals surface area contributed by atoms with Crippen LogP contribution in [0.3, 0.4) is 0 Å². The molecule has 0 spiro atoms. The summed E-state index contributed by atoms with van der Waals surface area (Å²) in [5.41, 5.74) is 5.40. The summed E-state index contributed by atoms with van der Waals surface area (Å²) < 4.78 is 68.7. The minimum absolute atomic E-state index is 0. The number of methoxy groups -OCH3 is 1. The first kappa shape index (κ1) is 19.9. The highest BCUT2D eigenvalue weighted by Crippen LogP contribution is 2.45. The highest BCUT2D eigenvalue weighted by Gasteiger charge is 2.62. The van der Waals surface area contributed by atoms with E-state index in [1.165, 1.54) is 19.2 Å². The topological polar surface area (TPSA) is 35.2 Å². The Morgan fingerprint density at radius 1 is 1.10 bits per heavy atom. The molecule has 0 amide bonds. The molecule has 0 heterocycles. The number of hydrogen-bond donors (Lipinski definition) is 1. The maximum Gasteiger partial charge on any atom is 0.455 e. The number of halogens is 6. The smallest absolute Gasteiger partial charge is 0.455 e. The summed E-state index contributed by atoms with van der Waals surface area (Å²) in [5.74, 6) is -5.16. The largest absolute Gasteiger partial charge is 0.496 e. The molecule has 2 N–H and O–H groups in total. The fraction of sp³-hybridized carbons (Fsp3) is 0.538. The molecular formula is C13H17ClF5NO. The molecule has 1 rings (SSSR count). The molecule has 0 aromatic heterocycles. The van der Waals surface area contributed by atoms with Gasteiger partial charge in [0.05, 0.1) is 7.11 Å². The Hall–Kier alpha value is -1.08. The lowest BCUT2D eigenvalue weighted by Gasteiger charge is -2.27. The molecule has 1 aromatic rings. The Morgan fingerprint density at radius 2 is 1.62 bits per heavy atom. The van der Waals surface area contributed by atoms with Crippen LogP contribution in [-0.4, -0.2) is 19.2 Å². The van der Waals surface area contributed by atoms with Crippen LogP contribution in [-0.2, 0) is 0 Å². The third-order valence-electron chi connectivity index (χ3n) is 3.02. The lowest BCUT2D eigenvalue weighted by molar-refractivity contribution is -0.291. The normalized spacial score (nSPS) is 13.8. The second kappa shape index (κ2) is 6.79. The van der Waals surface area contributed by atoms with E-state index in [9.17, 15) is 22.0 Å². The Kier molecular flexibility index (Phi) is 6.44. The fourth-order valence-corrected chi connectivity index (χ4v) is 1.73. The van der Waals surface area contributed by atoms with Gasteiger partial charge >= 0.3 is 12.1 Å². The average molecular weight is 334 g/mol. The van der Waals surface area contributed by atoms with Crippen LogP contribution in [0.25, 0.3) is 0 Å². The van der Waals surface area contributed by atoms with E-state index < -0.39 is 18.1 Å². The molecule has 1 aromatic carbocycles. The summed E-state index contributed by atoms with van der Waals surface area (Å²) in [6.45, 7) is 3.58. The van der Waals surface area contributed by atoms with Gasteiger partial charge in [-0.25, -0.2) is 0 Å². The van der Waals surface area contributed by atoms with Gasteiger partial charge in [0.25, 0.3) is 0 Å². The van der Waals surface area contributed by atoms with Crippen LogP contribution in [0.5, 0.6) is 5.75 Å². The summed E-state index contributed by atoms with van der Waals surface area (Å²) >= 11 is 0. The third kappa shape index (κ3) is 3.97. The lowest BCUT2D eigenvalue weighted by atomic mass is 9.94. The molecule has 0 bridgehead atoms. The van der Waals surface area contributed by atoms with E-state index in [2.05, 4.69) is 0 Å². The maximum atomic E-state index is 13.4. The van der Waals surface area contributed by atoms with E-state index >= 15 is 0 Å². The van der Waals surface area contributed by atoms with Crippen LogP contribution in [0, 0.1) is 0 Å². The molecule has 0 aliphatic rings. The zero-order chi connectivity index (χ0) is 15.7. The number of alkyl halides is 5. The Morgan fingerprint density at radius 3 is 2.00 bits per heavy atom. The van der Waals surface area contributed by atoms with Crippen LogP contribution < -0.4 is 10.5 Å².